The molecule has 2 atom stereocenters. The van der Waals surface area contributed by atoms with Crippen molar-refractivity contribution in [3.8, 4) is 0 Å². The van der Waals surface area contributed by atoms with Crippen LogP contribution < -0.4 is 0 Å². The first-order valence-corrected chi connectivity index (χ1v) is 8.77. The quantitative estimate of drug-likeness (QED) is 0.741. The summed E-state index contributed by atoms with van der Waals surface area (Å²) in [6.45, 7) is 17.5. The molecule has 21 heavy (non-hydrogen) atoms. The summed E-state index contributed by atoms with van der Waals surface area (Å²) in [5.41, 5.74) is 0. The molecule has 2 aliphatic heterocycles. The zero-order valence-electron chi connectivity index (χ0n) is 14.6. The molecule has 0 amide bonds. The topological polar surface area (TPSA) is 19.0 Å². The molecule has 2 saturated heterocycles. The molecule has 0 saturated carbocycles. The Bertz CT molecular complexity index is 290. The summed E-state index contributed by atoms with van der Waals surface area (Å²) in [6.07, 6.45) is 1.65. The third-order valence-electron chi connectivity index (χ3n) is 4.68. The molecule has 4 heteroatoms. The highest BCUT2D eigenvalue weighted by Crippen LogP contribution is 2.17. The third-order valence-corrected chi connectivity index (χ3v) is 4.68. The molecule has 0 aliphatic carbocycles. The fraction of sp³-hybridized carbons (Fsp3) is 1.00. The molecule has 0 aromatic carbocycles. The lowest BCUT2D eigenvalue weighted by Gasteiger charge is -2.37. The lowest BCUT2D eigenvalue weighted by Crippen LogP contribution is -2.47. The summed E-state index contributed by atoms with van der Waals surface area (Å²) in [7, 11) is 2.22. The summed E-state index contributed by atoms with van der Waals surface area (Å²) in [4.78, 5) is 7.63. The Morgan fingerprint density at radius 3 is 2.33 bits per heavy atom. The van der Waals surface area contributed by atoms with Crippen molar-refractivity contribution in [1.82, 2.24) is 14.7 Å². The molecule has 4 nitrogen and oxygen atoms in total. The van der Waals surface area contributed by atoms with Crippen LogP contribution in [0.15, 0.2) is 0 Å². The molecule has 0 spiro atoms. The minimum Gasteiger partial charge on any atom is -0.376 e. The maximum atomic E-state index is 6.00. The first kappa shape index (κ1) is 17.2. The number of likely N-dealkylation sites (N-methyl/N-ethyl adjacent to an activating group) is 1. The normalized spacial score (nSPS) is 28.1. The lowest BCUT2D eigenvalue weighted by atomic mass is 10.0. The van der Waals surface area contributed by atoms with E-state index in [1.54, 1.807) is 0 Å². The number of nitrogens with zero attached hydrogens (tertiary/aromatic N) is 3. The van der Waals surface area contributed by atoms with E-state index in [4.69, 9.17) is 4.74 Å². The number of piperazine rings is 1. The van der Waals surface area contributed by atoms with E-state index in [-0.39, 0.29) is 0 Å². The highest BCUT2D eigenvalue weighted by atomic mass is 16.5. The van der Waals surface area contributed by atoms with Crippen molar-refractivity contribution < 1.29 is 4.74 Å². The molecular formula is C17H35N3O. The molecule has 0 radical (unpaired) electrons. The van der Waals surface area contributed by atoms with E-state index in [1.807, 2.05) is 0 Å². The highest BCUT2D eigenvalue weighted by Gasteiger charge is 2.24. The molecule has 2 unspecified atom stereocenters. The maximum absolute atomic E-state index is 6.00. The largest absolute Gasteiger partial charge is 0.376 e. The number of rotatable bonds is 6. The third kappa shape index (κ3) is 6.23. The van der Waals surface area contributed by atoms with Gasteiger partial charge in [0.2, 0.25) is 0 Å². The maximum Gasteiger partial charge on any atom is 0.0705 e. The second-order valence-electron chi connectivity index (χ2n) is 7.59. The van der Waals surface area contributed by atoms with E-state index >= 15 is 0 Å². The minimum atomic E-state index is 0.444. The molecule has 2 aliphatic rings. The van der Waals surface area contributed by atoms with Crippen LogP contribution >= 0.6 is 0 Å². The summed E-state index contributed by atoms with van der Waals surface area (Å²) < 4.78 is 6.00. The Morgan fingerprint density at radius 1 is 0.952 bits per heavy atom. The highest BCUT2D eigenvalue weighted by molar-refractivity contribution is 4.77. The van der Waals surface area contributed by atoms with Crippen molar-refractivity contribution in [3.05, 3.63) is 0 Å². The Hall–Kier alpha value is -0.160. The Labute approximate surface area is 131 Å². The predicted molar refractivity (Wildman–Crippen MR) is 88.7 cm³/mol. The van der Waals surface area contributed by atoms with Crippen LogP contribution in [-0.2, 0) is 4.74 Å². The van der Waals surface area contributed by atoms with E-state index in [1.165, 1.54) is 45.7 Å². The van der Waals surface area contributed by atoms with Gasteiger partial charge < -0.3 is 14.5 Å². The first-order valence-electron chi connectivity index (χ1n) is 8.77. The van der Waals surface area contributed by atoms with Gasteiger partial charge >= 0.3 is 0 Å². The van der Waals surface area contributed by atoms with E-state index in [2.05, 4.69) is 42.5 Å². The van der Waals surface area contributed by atoms with Crippen molar-refractivity contribution >= 4 is 0 Å². The first-order chi connectivity index (χ1) is 10.0. The van der Waals surface area contributed by atoms with Crippen LogP contribution in [0, 0.1) is 11.8 Å². The van der Waals surface area contributed by atoms with Crippen LogP contribution in [0.25, 0.3) is 0 Å². The Kier molecular flexibility index (Phi) is 6.93. The van der Waals surface area contributed by atoms with E-state index in [9.17, 15) is 0 Å². The lowest BCUT2D eigenvalue weighted by molar-refractivity contribution is -0.0432. The Balaban J connectivity index is 1.68. The number of hydrogen-bond donors (Lipinski definition) is 0. The van der Waals surface area contributed by atoms with Crippen molar-refractivity contribution in [3.63, 3.8) is 0 Å². The van der Waals surface area contributed by atoms with Crippen molar-refractivity contribution in [2.24, 2.45) is 11.8 Å². The smallest absolute Gasteiger partial charge is 0.0705 e. The van der Waals surface area contributed by atoms with Gasteiger partial charge in [-0.05, 0) is 25.3 Å². The molecule has 0 N–H and O–H groups in total. The van der Waals surface area contributed by atoms with Crippen molar-refractivity contribution in [1.29, 1.82) is 0 Å². The zero-order valence-corrected chi connectivity index (χ0v) is 14.6. The molecule has 0 bridgehead atoms. The second kappa shape index (κ2) is 8.47. The van der Waals surface area contributed by atoms with Crippen LogP contribution in [0.1, 0.15) is 27.2 Å². The number of hydrogen-bond acceptors (Lipinski definition) is 4. The van der Waals surface area contributed by atoms with Gasteiger partial charge in [0.1, 0.15) is 0 Å². The average Bonchev–Trinajstić information content (AvgIpc) is 2.41. The fourth-order valence-corrected chi connectivity index (χ4v) is 3.60. The predicted octanol–water partition coefficient (Wildman–Crippen LogP) is 1.62. The van der Waals surface area contributed by atoms with Gasteiger partial charge in [-0.2, -0.15) is 0 Å². The van der Waals surface area contributed by atoms with Gasteiger partial charge in [0.25, 0.3) is 0 Å². The van der Waals surface area contributed by atoms with Gasteiger partial charge in [0, 0.05) is 52.4 Å². The summed E-state index contributed by atoms with van der Waals surface area (Å²) in [5, 5.41) is 0. The van der Waals surface area contributed by atoms with Crippen LogP contribution in [0.3, 0.4) is 0 Å². The van der Waals surface area contributed by atoms with Gasteiger partial charge in [-0.15, -0.1) is 0 Å². The second-order valence-corrected chi connectivity index (χ2v) is 7.59. The van der Waals surface area contributed by atoms with E-state index in [0.29, 0.717) is 6.10 Å². The van der Waals surface area contributed by atoms with Gasteiger partial charge in [-0.1, -0.05) is 20.8 Å². The standard InChI is InChI=1S/C17H35N3O/c1-15(2)12-20-9-10-21-17(14-20)11-16(3)13-19-7-5-18(4)6-8-19/h15-17H,5-14H2,1-4H3. The molecule has 124 valence electrons. The van der Waals surface area contributed by atoms with Crippen molar-refractivity contribution in [2.75, 3.05) is 66.0 Å². The molecule has 0 aromatic heterocycles. The van der Waals surface area contributed by atoms with Gasteiger partial charge in [-0.25, -0.2) is 0 Å². The zero-order chi connectivity index (χ0) is 15.2. The molecular weight excluding hydrogens is 262 g/mol. The van der Waals surface area contributed by atoms with Gasteiger partial charge in [0.05, 0.1) is 12.7 Å². The van der Waals surface area contributed by atoms with Crippen LogP contribution in [0.2, 0.25) is 0 Å². The SMILES string of the molecule is CC(C)CN1CCOC(CC(C)CN2CCN(C)CC2)C1. The molecule has 2 fully saturated rings. The summed E-state index contributed by atoms with van der Waals surface area (Å²) in [6, 6.07) is 0. The van der Waals surface area contributed by atoms with Crippen molar-refractivity contribution in [2.45, 2.75) is 33.3 Å². The summed E-state index contributed by atoms with van der Waals surface area (Å²) >= 11 is 0. The van der Waals surface area contributed by atoms with Crippen LogP contribution in [0.4, 0.5) is 0 Å². The minimum absolute atomic E-state index is 0.444. The molecule has 0 aromatic rings. The van der Waals surface area contributed by atoms with Crippen LogP contribution in [0.5, 0.6) is 0 Å². The van der Waals surface area contributed by atoms with Gasteiger partial charge in [0.15, 0.2) is 0 Å². The van der Waals surface area contributed by atoms with E-state index < -0.39 is 0 Å². The molecule has 2 heterocycles. The Morgan fingerprint density at radius 2 is 1.67 bits per heavy atom. The average molecular weight is 297 g/mol. The monoisotopic (exact) mass is 297 g/mol. The van der Waals surface area contributed by atoms with E-state index in [0.717, 1.165) is 31.5 Å². The van der Waals surface area contributed by atoms with Crippen LogP contribution in [-0.4, -0.2) is 86.8 Å². The summed E-state index contributed by atoms with van der Waals surface area (Å²) in [5.74, 6) is 1.49. The van der Waals surface area contributed by atoms with Gasteiger partial charge in [-0.3, -0.25) is 4.90 Å². The number of ether oxygens (including phenoxy) is 1. The number of morpholine rings is 1. The molecule has 2 rings (SSSR count). The fourth-order valence-electron chi connectivity index (χ4n) is 3.60.